The number of para-hydroxylation sites is 2. The average Bonchev–Trinajstić information content (AvgIpc) is 3.10. The van der Waals surface area contributed by atoms with Crippen LogP contribution in [0.1, 0.15) is 6.42 Å². The Balaban J connectivity index is 1.76. The molecule has 1 atom stereocenters. The van der Waals surface area contributed by atoms with Crippen molar-refractivity contribution in [3.63, 3.8) is 0 Å². The Hall–Kier alpha value is -2.70. The molecular formula is C16H20N4O3. The van der Waals surface area contributed by atoms with Crippen molar-refractivity contribution < 1.29 is 14.3 Å². The molecule has 1 aromatic heterocycles. The summed E-state index contributed by atoms with van der Waals surface area (Å²) >= 11 is 0. The van der Waals surface area contributed by atoms with E-state index < -0.39 is 0 Å². The van der Waals surface area contributed by atoms with Gasteiger partial charge in [-0.3, -0.25) is 4.79 Å². The first-order valence-electron chi connectivity index (χ1n) is 7.43. The zero-order valence-corrected chi connectivity index (χ0v) is 13.4. The van der Waals surface area contributed by atoms with Crippen LogP contribution < -0.4 is 19.7 Å². The molecule has 122 valence electrons. The van der Waals surface area contributed by atoms with Crippen LogP contribution in [0.25, 0.3) is 0 Å². The molecule has 1 aliphatic rings. The van der Waals surface area contributed by atoms with Crippen LogP contribution in [0, 0.1) is 0 Å². The van der Waals surface area contributed by atoms with Gasteiger partial charge in [-0.1, -0.05) is 12.1 Å². The van der Waals surface area contributed by atoms with Crippen molar-refractivity contribution in [3.8, 4) is 11.6 Å². The number of carbonyl (C=O) groups excluding carboxylic acids is 1. The van der Waals surface area contributed by atoms with Gasteiger partial charge in [0.1, 0.15) is 11.8 Å². The van der Waals surface area contributed by atoms with Gasteiger partial charge in [-0.2, -0.15) is 5.10 Å². The lowest BCUT2D eigenvalue weighted by molar-refractivity contribution is -0.117. The SMILES string of the molecule is COc1ccccc1N1CCC(Nc2cc(OC)n(C)n2)C1=O. The van der Waals surface area contributed by atoms with E-state index in [1.54, 1.807) is 36.9 Å². The monoisotopic (exact) mass is 316 g/mol. The van der Waals surface area contributed by atoms with E-state index in [0.29, 0.717) is 30.4 Å². The standard InChI is InChI=1S/C16H20N4O3/c1-19-15(23-3)10-14(18-19)17-11-8-9-20(16(11)21)12-6-4-5-7-13(12)22-2/h4-7,10-11H,8-9H2,1-3H3,(H,17,18). The first-order chi connectivity index (χ1) is 11.1. The summed E-state index contributed by atoms with van der Waals surface area (Å²) in [5, 5.41) is 7.48. The molecule has 2 aromatic rings. The number of hydrogen-bond donors (Lipinski definition) is 1. The molecule has 3 rings (SSSR count). The molecule has 1 aromatic carbocycles. The summed E-state index contributed by atoms with van der Waals surface area (Å²) in [7, 11) is 4.99. The van der Waals surface area contributed by atoms with Gasteiger partial charge in [0.15, 0.2) is 5.82 Å². The van der Waals surface area contributed by atoms with Gasteiger partial charge in [0.2, 0.25) is 11.8 Å². The third kappa shape index (κ3) is 2.81. The molecule has 0 saturated carbocycles. The van der Waals surface area contributed by atoms with Crippen molar-refractivity contribution in [3.05, 3.63) is 30.3 Å². The summed E-state index contributed by atoms with van der Waals surface area (Å²) in [6.07, 6.45) is 0.704. The normalized spacial score (nSPS) is 17.4. The van der Waals surface area contributed by atoms with Crippen LogP contribution in [0.3, 0.4) is 0 Å². The first-order valence-corrected chi connectivity index (χ1v) is 7.43. The van der Waals surface area contributed by atoms with Crippen LogP contribution in [-0.4, -0.2) is 42.5 Å². The number of methoxy groups -OCH3 is 2. The highest BCUT2D eigenvalue weighted by Gasteiger charge is 2.34. The Morgan fingerprint density at radius 1 is 1.26 bits per heavy atom. The highest BCUT2D eigenvalue weighted by atomic mass is 16.5. The van der Waals surface area contributed by atoms with E-state index in [4.69, 9.17) is 9.47 Å². The van der Waals surface area contributed by atoms with Gasteiger partial charge in [0, 0.05) is 19.7 Å². The van der Waals surface area contributed by atoms with Crippen LogP contribution in [0.2, 0.25) is 0 Å². The quantitative estimate of drug-likeness (QED) is 0.908. The maximum atomic E-state index is 12.7. The Labute approximate surface area is 134 Å². The Morgan fingerprint density at radius 2 is 2.04 bits per heavy atom. The lowest BCUT2D eigenvalue weighted by Crippen LogP contribution is -2.33. The van der Waals surface area contributed by atoms with Crippen molar-refractivity contribution in [2.75, 3.05) is 31.0 Å². The van der Waals surface area contributed by atoms with Crippen LogP contribution >= 0.6 is 0 Å². The van der Waals surface area contributed by atoms with Crippen LogP contribution in [-0.2, 0) is 11.8 Å². The summed E-state index contributed by atoms with van der Waals surface area (Å²) in [5.74, 6) is 1.98. The van der Waals surface area contributed by atoms with Gasteiger partial charge >= 0.3 is 0 Å². The largest absolute Gasteiger partial charge is 0.495 e. The molecule has 7 heteroatoms. The molecule has 0 bridgehead atoms. The minimum absolute atomic E-state index is 0.0131. The highest BCUT2D eigenvalue weighted by molar-refractivity contribution is 6.02. The van der Waals surface area contributed by atoms with Gasteiger partial charge in [0.25, 0.3) is 0 Å². The van der Waals surface area contributed by atoms with E-state index in [2.05, 4.69) is 10.4 Å². The van der Waals surface area contributed by atoms with Gasteiger partial charge in [-0.15, -0.1) is 0 Å². The Bertz CT molecular complexity index is 713. The van der Waals surface area contributed by atoms with E-state index in [1.807, 2.05) is 24.3 Å². The molecule has 0 aliphatic carbocycles. The molecule has 0 radical (unpaired) electrons. The van der Waals surface area contributed by atoms with Crippen molar-refractivity contribution in [2.45, 2.75) is 12.5 Å². The number of ether oxygens (including phenoxy) is 2. The molecule has 1 aliphatic heterocycles. The zero-order chi connectivity index (χ0) is 16.4. The van der Waals surface area contributed by atoms with Gasteiger partial charge in [-0.05, 0) is 18.6 Å². The smallest absolute Gasteiger partial charge is 0.249 e. The first kappa shape index (κ1) is 15.2. The van der Waals surface area contributed by atoms with Crippen molar-refractivity contribution in [1.29, 1.82) is 0 Å². The molecule has 7 nitrogen and oxygen atoms in total. The fourth-order valence-corrected chi connectivity index (χ4v) is 2.80. The van der Waals surface area contributed by atoms with Gasteiger partial charge < -0.3 is 19.7 Å². The molecule has 0 spiro atoms. The number of aromatic nitrogens is 2. The summed E-state index contributed by atoms with van der Waals surface area (Å²) in [6, 6.07) is 9.00. The molecule has 1 saturated heterocycles. The summed E-state index contributed by atoms with van der Waals surface area (Å²) in [4.78, 5) is 14.4. The molecular weight excluding hydrogens is 296 g/mol. The predicted octanol–water partition coefficient (Wildman–Crippen LogP) is 1.65. The van der Waals surface area contributed by atoms with Crippen LogP contribution in [0.4, 0.5) is 11.5 Å². The molecule has 1 N–H and O–H groups in total. The number of amides is 1. The van der Waals surface area contributed by atoms with E-state index in [1.165, 1.54) is 0 Å². The molecule has 23 heavy (non-hydrogen) atoms. The predicted molar refractivity (Wildman–Crippen MR) is 87.1 cm³/mol. The van der Waals surface area contributed by atoms with Crippen LogP contribution in [0.15, 0.2) is 30.3 Å². The van der Waals surface area contributed by atoms with Crippen LogP contribution in [0.5, 0.6) is 11.6 Å². The number of anilines is 2. The maximum Gasteiger partial charge on any atom is 0.249 e. The summed E-state index contributed by atoms with van der Waals surface area (Å²) in [5.41, 5.74) is 0.794. The van der Waals surface area contributed by atoms with E-state index in [9.17, 15) is 4.79 Å². The Morgan fingerprint density at radius 3 is 2.74 bits per heavy atom. The van der Waals surface area contributed by atoms with E-state index in [-0.39, 0.29) is 11.9 Å². The summed E-state index contributed by atoms with van der Waals surface area (Å²) in [6.45, 7) is 0.640. The number of carbonyl (C=O) groups is 1. The number of aryl methyl sites for hydroxylation is 1. The third-order valence-corrected chi connectivity index (χ3v) is 3.95. The number of benzene rings is 1. The van der Waals surface area contributed by atoms with E-state index in [0.717, 1.165) is 5.69 Å². The van der Waals surface area contributed by atoms with Crippen molar-refractivity contribution in [2.24, 2.45) is 7.05 Å². The fourth-order valence-electron chi connectivity index (χ4n) is 2.80. The third-order valence-electron chi connectivity index (χ3n) is 3.95. The summed E-state index contributed by atoms with van der Waals surface area (Å²) < 4.78 is 12.2. The molecule has 2 heterocycles. The Kier molecular flexibility index (Phi) is 4.10. The average molecular weight is 316 g/mol. The minimum Gasteiger partial charge on any atom is -0.495 e. The topological polar surface area (TPSA) is 68.6 Å². The maximum absolute atomic E-state index is 12.7. The number of nitrogens with one attached hydrogen (secondary N) is 1. The van der Waals surface area contributed by atoms with Crippen molar-refractivity contribution >= 4 is 17.4 Å². The fraction of sp³-hybridized carbons (Fsp3) is 0.375. The second kappa shape index (κ2) is 6.20. The second-order valence-corrected chi connectivity index (χ2v) is 5.34. The van der Waals surface area contributed by atoms with E-state index >= 15 is 0 Å². The lowest BCUT2D eigenvalue weighted by atomic mass is 10.2. The second-order valence-electron chi connectivity index (χ2n) is 5.34. The number of rotatable bonds is 5. The minimum atomic E-state index is -0.306. The molecule has 1 fully saturated rings. The number of nitrogens with zero attached hydrogens (tertiary/aromatic N) is 3. The zero-order valence-electron chi connectivity index (χ0n) is 13.4. The highest BCUT2D eigenvalue weighted by Crippen LogP contribution is 2.31. The van der Waals surface area contributed by atoms with Gasteiger partial charge in [0.05, 0.1) is 19.9 Å². The lowest BCUT2D eigenvalue weighted by Gasteiger charge is -2.19. The molecule has 1 unspecified atom stereocenters. The molecule has 1 amide bonds. The van der Waals surface area contributed by atoms with Gasteiger partial charge in [-0.25, -0.2) is 4.68 Å². The number of hydrogen-bond acceptors (Lipinski definition) is 5. The van der Waals surface area contributed by atoms with Crippen molar-refractivity contribution in [1.82, 2.24) is 9.78 Å².